The zero-order valence-corrected chi connectivity index (χ0v) is 20.2. The highest BCUT2D eigenvalue weighted by molar-refractivity contribution is 7.99. The van der Waals surface area contributed by atoms with Crippen molar-refractivity contribution in [1.82, 2.24) is 10.2 Å². The summed E-state index contributed by atoms with van der Waals surface area (Å²) in [4.78, 5) is 28.3. The molecule has 2 amide bonds. The number of benzene rings is 3. The van der Waals surface area contributed by atoms with E-state index in [0.29, 0.717) is 25.3 Å². The predicted octanol–water partition coefficient (Wildman–Crippen LogP) is 5.00. The second-order valence-electron chi connectivity index (χ2n) is 8.03. The Bertz CT molecular complexity index is 1020. The number of nitrogens with one attached hydrogen (secondary N) is 1. The van der Waals surface area contributed by atoms with E-state index >= 15 is 0 Å². The number of amides is 2. The van der Waals surface area contributed by atoms with Crippen molar-refractivity contribution in [3.63, 3.8) is 0 Å². The van der Waals surface area contributed by atoms with E-state index in [1.807, 2.05) is 79.7 Å². The van der Waals surface area contributed by atoms with Gasteiger partial charge in [0.2, 0.25) is 11.8 Å². The van der Waals surface area contributed by atoms with Crippen LogP contribution in [0.15, 0.2) is 84.9 Å². The van der Waals surface area contributed by atoms with Gasteiger partial charge >= 0.3 is 0 Å². The fraction of sp³-hybridized carbons (Fsp3) is 0.286. The lowest BCUT2D eigenvalue weighted by molar-refractivity contribution is -0.139. The molecule has 0 aromatic heterocycles. The first-order valence-electron chi connectivity index (χ1n) is 11.4. The van der Waals surface area contributed by atoms with Crippen molar-refractivity contribution in [1.29, 1.82) is 0 Å². The number of hydrogen-bond acceptors (Lipinski definition) is 3. The highest BCUT2D eigenvalue weighted by atomic mass is 32.2. The van der Waals surface area contributed by atoms with Crippen LogP contribution in [0.3, 0.4) is 0 Å². The van der Waals surface area contributed by atoms with E-state index < -0.39 is 6.04 Å². The molecule has 0 heterocycles. The van der Waals surface area contributed by atoms with E-state index in [2.05, 4.69) is 24.4 Å². The molecule has 3 aromatic rings. The van der Waals surface area contributed by atoms with Gasteiger partial charge in [0.15, 0.2) is 0 Å². The molecule has 0 aliphatic rings. The van der Waals surface area contributed by atoms with Crippen LogP contribution >= 0.6 is 11.8 Å². The number of likely N-dealkylation sites (N-methyl/N-ethyl adjacent to an activating group) is 1. The first-order valence-corrected chi connectivity index (χ1v) is 12.5. The molecular weight excluding hydrogens is 428 g/mol. The van der Waals surface area contributed by atoms with E-state index in [1.165, 1.54) is 11.1 Å². The zero-order chi connectivity index (χ0) is 23.5. The van der Waals surface area contributed by atoms with Crippen LogP contribution in [0.25, 0.3) is 0 Å². The molecule has 5 heteroatoms. The summed E-state index contributed by atoms with van der Waals surface area (Å²) in [5.41, 5.74) is 4.50. The Morgan fingerprint density at radius 3 is 2.12 bits per heavy atom. The number of aryl methyl sites for hydroxylation is 1. The summed E-state index contributed by atoms with van der Waals surface area (Å²) in [7, 11) is 0. The third kappa shape index (κ3) is 7.50. The molecule has 0 fully saturated rings. The van der Waals surface area contributed by atoms with Gasteiger partial charge in [-0.05, 0) is 36.1 Å². The van der Waals surface area contributed by atoms with Crippen molar-refractivity contribution in [2.75, 3.05) is 12.3 Å². The van der Waals surface area contributed by atoms with Gasteiger partial charge in [-0.25, -0.2) is 0 Å². The van der Waals surface area contributed by atoms with E-state index in [9.17, 15) is 9.59 Å². The van der Waals surface area contributed by atoms with Gasteiger partial charge in [-0.3, -0.25) is 9.59 Å². The van der Waals surface area contributed by atoms with Gasteiger partial charge in [0, 0.05) is 25.3 Å². The third-order valence-corrected chi connectivity index (χ3v) is 6.53. The Kier molecular flexibility index (Phi) is 9.58. The second kappa shape index (κ2) is 12.9. The fourth-order valence-electron chi connectivity index (χ4n) is 3.73. The SMILES string of the molecule is CCNC(=O)C(Cc1ccccc1)N(Cc1ccccc1)C(=O)CSCc1ccccc1C. The molecule has 1 atom stereocenters. The smallest absolute Gasteiger partial charge is 0.243 e. The van der Waals surface area contributed by atoms with Crippen LogP contribution in [0.5, 0.6) is 0 Å². The lowest BCUT2D eigenvalue weighted by Gasteiger charge is -2.31. The number of nitrogens with zero attached hydrogens (tertiary/aromatic N) is 1. The Morgan fingerprint density at radius 1 is 0.879 bits per heavy atom. The van der Waals surface area contributed by atoms with Crippen LogP contribution in [-0.4, -0.2) is 35.1 Å². The minimum absolute atomic E-state index is 0.0235. The molecule has 172 valence electrons. The highest BCUT2D eigenvalue weighted by Gasteiger charge is 2.30. The lowest BCUT2D eigenvalue weighted by atomic mass is 10.0. The molecule has 3 aromatic carbocycles. The fourth-order valence-corrected chi connectivity index (χ4v) is 4.72. The normalized spacial score (nSPS) is 11.6. The van der Waals surface area contributed by atoms with Gasteiger partial charge in [-0.1, -0.05) is 84.9 Å². The molecule has 0 saturated carbocycles. The van der Waals surface area contributed by atoms with Crippen molar-refractivity contribution in [2.24, 2.45) is 0 Å². The van der Waals surface area contributed by atoms with Crippen LogP contribution in [0.1, 0.15) is 29.2 Å². The van der Waals surface area contributed by atoms with Crippen LogP contribution in [0.2, 0.25) is 0 Å². The highest BCUT2D eigenvalue weighted by Crippen LogP contribution is 2.19. The van der Waals surface area contributed by atoms with Crippen LogP contribution < -0.4 is 5.32 Å². The van der Waals surface area contributed by atoms with E-state index in [-0.39, 0.29) is 11.8 Å². The van der Waals surface area contributed by atoms with E-state index in [0.717, 1.165) is 16.9 Å². The molecule has 0 spiro atoms. The summed E-state index contributed by atoms with van der Waals surface area (Å²) < 4.78 is 0. The van der Waals surface area contributed by atoms with E-state index in [4.69, 9.17) is 0 Å². The molecule has 0 aliphatic carbocycles. The summed E-state index contributed by atoms with van der Waals surface area (Å²) in [5.74, 6) is 0.952. The van der Waals surface area contributed by atoms with Crippen LogP contribution in [0, 0.1) is 6.92 Å². The van der Waals surface area contributed by atoms with Crippen LogP contribution in [0.4, 0.5) is 0 Å². The molecule has 33 heavy (non-hydrogen) atoms. The van der Waals surface area contributed by atoms with Gasteiger partial charge in [0.1, 0.15) is 6.04 Å². The Hall–Kier alpha value is -3.05. The molecule has 0 aliphatic heterocycles. The first kappa shape index (κ1) is 24.6. The summed E-state index contributed by atoms with van der Waals surface area (Å²) in [6.07, 6.45) is 0.480. The Morgan fingerprint density at radius 2 is 1.48 bits per heavy atom. The van der Waals surface area contributed by atoms with Gasteiger partial charge in [0.05, 0.1) is 5.75 Å². The van der Waals surface area contributed by atoms with Gasteiger partial charge in [0.25, 0.3) is 0 Å². The predicted molar refractivity (Wildman–Crippen MR) is 137 cm³/mol. The summed E-state index contributed by atoms with van der Waals surface area (Å²) >= 11 is 1.59. The summed E-state index contributed by atoms with van der Waals surface area (Å²) in [6.45, 7) is 4.92. The van der Waals surface area contributed by atoms with Crippen molar-refractivity contribution in [3.05, 3.63) is 107 Å². The number of carbonyl (C=O) groups is 2. The minimum atomic E-state index is -0.570. The van der Waals surface area contributed by atoms with Gasteiger partial charge in [-0.2, -0.15) is 0 Å². The quantitative estimate of drug-likeness (QED) is 0.438. The standard InChI is InChI=1S/C28H32N2O2S/c1-3-29-28(32)26(18-23-13-6-4-7-14-23)30(19-24-15-8-5-9-16-24)27(31)21-33-20-25-17-11-10-12-22(25)2/h4-17,26H,3,18-21H2,1-2H3,(H,29,32). The number of rotatable bonds is 11. The van der Waals surface area contributed by atoms with Gasteiger partial charge < -0.3 is 10.2 Å². The summed E-state index contributed by atoms with van der Waals surface area (Å²) in [6, 6.07) is 27.4. The van der Waals surface area contributed by atoms with Crippen molar-refractivity contribution >= 4 is 23.6 Å². The van der Waals surface area contributed by atoms with E-state index in [1.54, 1.807) is 16.7 Å². The monoisotopic (exact) mass is 460 g/mol. The molecule has 0 saturated heterocycles. The maximum atomic E-state index is 13.5. The molecular formula is C28H32N2O2S. The molecule has 3 rings (SSSR count). The molecule has 4 nitrogen and oxygen atoms in total. The number of carbonyl (C=O) groups excluding carboxylic acids is 2. The number of thioether (sulfide) groups is 1. The maximum absolute atomic E-state index is 13.5. The zero-order valence-electron chi connectivity index (χ0n) is 19.4. The molecule has 0 radical (unpaired) electrons. The minimum Gasteiger partial charge on any atom is -0.355 e. The largest absolute Gasteiger partial charge is 0.355 e. The molecule has 1 unspecified atom stereocenters. The van der Waals surface area contributed by atoms with Gasteiger partial charge in [-0.15, -0.1) is 11.8 Å². The first-order chi connectivity index (χ1) is 16.1. The van der Waals surface area contributed by atoms with Crippen molar-refractivity contribution in [2.45, 2.75) is 38.6 Å². The molecule has 1 N–H and O–H groups in total. The topological polar surface area (TPSA) is 49.4 Å². The average molecular weight is 461 g/mol. The molecule has 0 bridgehead atoms. The van der Waals surface area contributed by atoms with Crippen molar-refractivity contribution in [3.8, 4) is 0 Å². The third-order valence-electron chi connectivity index (χ3n) is 5.56. The second-order valence-corrected chi connectivity index (χ2v) is 9.01. The average Bonchev–Trinajstić information content (AvgIpc) is 2.84. The van der Waals surface area contributed by atoms with Crippen LogP contribution in [-0.2, 0) is 28.3 Å². The Balaban J connectivity index is 1.81. The lowest BCUT2D eigenvalue weighted by Crippen LogP contribution is -2.51. The summed E-state index contributed by atoms with van der Waals surface area (Å²) in [5, 5.41) is 2.94. The van der Waals surface area contributed by atoms with Crippen molar-refractivity contribution < 1.29 is 9.59 Å². The number of hydrogen-bond donors (Lipinski definition) is 1. The maximum Gasteiger partial charge on any atom is 0.243 e. The Labute approximate surface area is 201 Å².